The average molecular weight is 594 g/mol. The topological polar surface area (TPSA) is 46.2 Å². The van der Waals surface area contributed by atoms with Crippen molar-refractivity contribution in [3.8, 4) is 11.1 Å². The van der Waals surface area contributed by atoms with Crippen molar-refractivity contribution in [1.29, 1.82) is 0 Å². The van der Waals surface area contributed by atoms with Crippen molar-refractivity contribution in [3.05, 3.63) is 164 Å². The molecule has 0 aliphatic heterocycles. The summed E-state index contributed by atoms with van der Waals surface area (Å²) < 4.78 is 30.5. The SMILES string of the molecule is O=S(=O)(Nc1ccc2ccccc2c1-c1c(P(c2ccccc2)c2ccccc2)ccc2ccccc12)c1ccccc1. The molecule has 208 valence electrons. The lowest BCUT2D eigenvalue weighted by atomic mass is 9.92. The van der Waals surface area contributed by atoms with Crippen molar-refractivity contribution < 1.29 is 8.42 Å². The van der Waals surface area contributed by atoms with E-state index in [9.17, 15) is 8.42 Å². The van der Waals surface area contributed by atoms with E-state index >= 15 is 0 Å². The second kappa shape index (κ2) is 11.5. The number of benzene rings is 7. The van der Waals surface area contributed by atoms with Crippen LogP contribution >= 0.6 is 7.92 Å². The van der Waals surface area contributed by atoms with Gasteiger partial charge in [-0.1, -0.05) is 146 Å². The third-order valence-electron chi connectivity index (χ3n) is 7.65. The normalized spacial score (nSPS) is 11.7. The largest absolute Gasteiger partial charge is 0.279 e. The van der Waals surface area contributed by atoms with Gasteiger partial charge in [0.25, 0.3) is 10.0 Å². The molecule has 0 radical (unpaired) electrons. The summed E-state index contributed by atoms with van der Waals surface area (Å²) in [7, 11) is -4.83. The maximum absolute atomic E-state index is 13.7. The van der Waals surface area contributed by atoms with Crippen molar-refractivity contribution in [1.82, 2.24) is 0 Å². The average Bonchev–Trinajstić information content (AvgIpc) is 3.06. The summed E-state index contributed by atoms with van der Waals surface area (Å²) in [5.74, 6) is 0. The molecule has 0 aliphatic rings. The Morgan fingerprint density at radius 3 is 1.49 bits per heavy atom. The molecule has 0 heterocycles. The molecule has 0 atom stereocenters. The van der Waals surface area contributed by atoms with Gasteiger partial charge < -0.3 is 0 Å². The van der Waals surface area contributed by atoms with Crippen LogP contribution in [-0.2, 0) is 10.0 Å². The van der Waals surface area contributed by atoms with Gasteiger partial charge in [0.2, 0.25) is 0 Å². The van der Waals surface area contributed by atoms with E-state index in [1.807, 2.05) is 48.5 Å². The number of hydrogen-bond acceptors (Lipinski definition) is 2. The van der Waals surface area contributed by atoms with Crippen LogP contribution in [0.4, 0.5) is 5.69 Å². The zero-order chi connectivity index (χ0) is 29.2. The lowest BCUT2D eigenvalue weighted by molar-refractivity contribution is 0.601. The number of anilines is 1. The molecule has 0 amide bonds. The molecule has 0 aromatic heterocycles. The molecule has 0 spiro atoms. The first-order valence-corrected chi connectivity index (χ1v) is 16.9. The highest BCUT2D eigenvalue weighted by molar-refractivity contribution is 7.92. The Bertz CT molecular complexity index is 2130. The van der Waals surface area contributed by atoms with E-state index in [4.69, 9.17) is 0 Å². The highest BCUT2D eigenvalue weighted by atomic mass is 32.2. The fourth-order valence-corrected chi connectivity index (χ4v) is 9.29. The maximum atomic E-state index is 13.7. The monoisotopic (exact) mass is 593 g/mol. The molecule has 43 heavy (non-hydrogen) atoms. The van der Waals surface area contributed by atoms with Gasteiger partial charge in [0, 0.05) is 11.1 Å². The fraction of sp³-hybridized carbons (Fsp3) is 0. The molecule has 3 nitrogen and oxygen atoms in total. The molecule has 0 saturated carbocycles. The second-order valence-corrected chi connectivity index (χ2v) is 14.2. The second-order valence-electron chi connectivity index (χ2n) is 10.3. The number of nitrogens with one attached hydrogen (secondary N) is 1. The van der Waals surface area contributed by atoms with Gasteiger partial charge >= 0.3 is 0 Å². The van der Waals surface area contributed by atoms with Crippen LogP contribution in [0.2, 0.25) is 0 Å². The van der Waals surface area contributed by atoms with Crippen LogP contribution in [0.15, 0.2) is 169 Å². The Labute approximate surface area is 253 Å². The summed E-state index contributed by atoms with van der Waals surface area (Å²) in [4.78, 5) is 0.225. The molecule has 0 aliphatic carbocycles. The van der Waals surface area contributed by atoms with Gasteiger partial charge in [-0.05, 0) is 63.6 Å². The standard InChI is InChI=1S/C38H28NO2PS/c40-43(41,32-20-8-3-9-21-32)39-35-26-24-28-14-10-12-22-33(28)37(35)38-34-23-13-11-15-29(34)25-27-36(38)42(30-16-4-1-5-17-30)31-18-6-2-7-19-31/h1-27,39H. The Hall–Kier alpha value is -4.76. The smallest absolute Gasteiger partial charge is 0.261 e. The number of rotatable bonds is 7. The van der Waals surface area contributed by atoms with E-state index in [0.29, 0.717) is 5.69 Å². The minimum absolute atomic E-state index is 0.225. The Balaban J connectivity index is 1.58. The van der Waals surface area contributed by atoms with Crippen LogP contribution in [-0.4, -0.2) is 8.42 Å². The molecular formula is C38H28NO2PS. The van der Waals surface area contributed by atoms with Gasteiger partial charge in [-0.2, -0.15) is 0 Å². The van der Waals surface area contributed by atoms with Crippen LogP contribution in [0, 0.1) is 0 Å². The summed E-state index contributed by atoms with van der Waals surface area (Å²) >= 11 is 0. The third-order valence-corrected chi connectivity index (χ3v) is 11.5. The van der Waals surface area contributed by atoms with Crippen LogP contribution in [0.5, 0.6) is 0 Å². The van der Waals surface area contributed by atoms with Crippen LogP contribution in [0.3, 0.4) is 0 Å². The van der Waals surface area contributed by atoms with Crippen LogP contribution < -0.4 is 20.6 Å². The van der Waals surface area contributed by atoms with Gasteiger partial charge in [0.1, 0.15) is 0 Å². The summed E-state index contributed by atoms with van der Waals surface area (Å²) in [6.45, 7) is 0. The highest BCUT2D eigenvalue weighted by Gasteiger charge is 2.26. The van der Waals surface area contributed by atoms with Crippen LogP contribution in [0.1, 0.15) is 0 Å². The Morgan fingerprint density at radius 2 is 0.907 bits per heavy atom. The molecule has 0 saturated heterocycles. The number of hydrogen-bond donors (Lipinski definition) is 1. The Kier molecular flexibility index (Phi) is 7.24. The van der Waals surface area contributed by atoms with Crippen molar-refractivity contribution in [2.75, 3.05) is 4.72 Å². The van der Waals surface area contributed by atoms with E-state index < -0.39 is 17.9 Å². The molecule has 5 heteroatoms. The molecule has 1 N–H and O–H groups in total. The van der Waals surface area contributed by atoms with Gasteiger partial charge in [-0.15, -0.1) is 0 Å². The molecular weight excluding hydrogens is 565 g/mol. The maximum Gasteiger partial charge on any atom is 0.261 e. The first-order valence-electron chi connectivity index (χ1n) is 14.1. The third kappa shape index (κ3) is 5.21. The molecule has 0 fully saturated rings. The summed E-state index contributed by atoms with van der Waals surface area (Å²) in [6.07, 6.45) is 0. The fourth-order valence-electron chi connectivity index (χ4n) is 5.72. The first-order chi connectivity index (χ1) is 21.1. The summed E-state index contributed by atoms with van der Waals surface area (Å²) in [5, 5.41) is 7.84. The lowest BCUT2D eigenvalue weighted by Crippen LogP contribution is -2.23. The van der Waals surface area contributed by atoms with Gasteiger partial charge in [0.15, 0.2) is 0 Å². The minimum atomic E-state index is -3.85. The predicted molar refractivity (Wildman–Crippen MR) is 183 cm³/mol. The molecule has 7 rings (SSSR count). The van der Waals surface area contributed by atoms with Crippen molar-refractivity contribution in [2.45, 2.75) is 4.90 Å². The number of fused-ring (bicyclic) bond motifs is 2. The summed E-state index contributed by atoms with van der Waals surface area (Å²) in [6, 6.07) is 54.7. The van der Waals surface area contributed by atoms with Gasteiger partial charge in [-0.3, -0.25) is 4.72 Å². The zero-order valence-electron chi connectivity index (χ0n) is 23.3. The molecule has 7 aromatic rings. The van der Waals surface area contributed by atoms with E-state index in [1.54, 1.807) is 24.3 Å². The predicted octanol–water partition coefficient (Wildman–Crippen LogP) is 8.22. The highest BCUT2D eigenvalue weighted by Crippen LogP contribution is 2.45. The van der Waals surface area contributed by atoms with Crippen LogP contribution in [0.25, 0.3) is 32.7 Å². The Morgan fingerprint density at radius 1 is 0.442 bits per heavy atom. The zero-order valence-corrected chi connectivity index (χ0v) is 25.0. The quantitative estimate of drug-likeness (QED) is 0.189. The van der Waals surface area contributed by atoms with Crippen molar-refractivity contribution >= 4 is 61.1 Å². The lowest BCUT2D eigenvalue weighted by Gasteiger charge is -2.26. The molecule has 0 bridgehead atoms. The number of sulfonamides is 1. The van der Waals surface area contributed by atoms with Crippen molar-refractivity contribution in [2.24, 2.45) is 0 Å². The minimum Gasteiger partial charge on any atom is -0.279 e. The van der Waals surface area contributed by atoms with Crippen molar-refractivity contribution in [3.63, 3.8) is 0 Å². The molecule has 7 aromatic carbocycles. The first kappa shape index (κ1) is 27.1. The van der Waals surface area contributed by atoms with E-state index in [-0.39, 0.29) is 4.90 Å². The van der Waals surface area contributed by atoms with E-state index in [2.05, 4.69) is 95.7 Å². The van der Waals surface area contributed by atoms with Gasteiger partial charge in [0.05, 0.1) is 10.6 Å². The molecule has 0 unspecified atom stereocenters. The summed E-state index contributed by atoms with van der Waals surface area (Å²) in [5.41, 5.74) is 2.47. The van der Waals surface area contributed by atoms with Gasteiger partial charge in [-0.25, -0.2) is 8.42 Å². The van der Waals surface area contributed by atoms with E-state index in [1.165, 1.54) is 15.9 Å². The van der Waals surface area contributed by atoms with E-state index in [0.717, 1.165) is 32.7 Å².